The van der Waals surface area contributed by atoms with Gasteiger partial charge in [0.25, 0.3) is 0 Å². The zero-order valence-corrected chi connectivity index (χ0v) is 32.8. The molecule has 232 valence electrons. The molecule has 0 amide bonds. The van der Waals surface area contributed by atoms with Crippen molar-refractivity contribution in [3.05, 3.63) is 120 Å². The summed E-state index contributed by atoms with van der Waals surface area (Å²) in [5.41, 5.74) is 10.2. The first-order valence-electron chi connectivity index (χ1n) is 15.4. The quantitative estimate of drug-likeness (QED) is 0.159. The van der Waals surface area contributed by atoms with Crippen molar-refractivity contribution in [3.8, 4) is 22.5 Å². The maximum atomic E-state index is 4.55. The van der Waals surface area contributed by atoms with Crippen LogP contribution < -0.4 is 24.8 Å². The predicted octanol–water partition coefficient (Wildman–Crippen LogP) is 5.74. The molecule has 0 fully saturated rings. The molecule has 6 aromatic rings. The van der Waals surface area contributed by atoms with E-state index >= 15 is 0 Å². The number of hydrogen-bond acceptors (Lipinski definition) is 2. The maximum absolute atomic E-state index is 4.55. The van der Waals surface area contributed by atoms with Crippen LogP contribution >= 0.6 is 0 Å². The Hall–Kier alpha value is -2.59. The minimum Gasteiger partial charge on any atom is -1.00 e. The molecule has 4 aromatic carbocycles. The summed E-state index contributed by atoms with van der Waals surface area (Å²) in [5, 5.41) is 5.32. The number of aromatic nitrogens is 2. The van der Waals surface area contributed by atoms with Gasteiger partial charge in [0.1, 0.15) is 0 Å². The summed E-state index contributed by atoms with van der Waals surface area (Å²) in [7, 11) is 0. The first-order valence-corrected chi connectivity index (χ1v) is 15.4. The van der Waals surface area contributed by atoms with E-state index in [0.717, 1.165) is 11.4 Å². The molecular formula is C40H44Cl2HfN2. The molecule has 2 aromatic heterocycles. The van der Waals surface area contributed by atoms with Gasteiger partial charge in [-0.2, -0.15) is 12.1 Å². The number of rotatable bonds is 6. The van der Waals surface area contributed by atoms with Gasteiger partial charge in [-0.15, -0.1) is 56.9 Å². The van der Waals surface area contributed by atoms with Crippen LogP contribution in [0.15, 0.2) is 97.3 Å². The number of fused-ring (bicyclic) bond motifs is 2. The van der Waals surface area contributed by atoms with Gasteiger partial charge in [0.05, 0.1) is 11.4 Å². The molecule has 0 spiro atoms. The molecule has 6 rings (SSSR count). The van der Waals surface area contributed by atoms with E-state index in [1.54, 1.807) is 0 Å². The second kappa shape index (κ2) is 16.8. The number of halogens is 2. The van der Waals surface area contributed by atoms with Crippen molar-refractivity contribution in [2.24, 2.45) is 0 Å². The van der Waals surface area contributed by atoms with Crippen molar-refractivity contribution in [2.75, 3.05) is 0 Å². The average molecular weight is 802 g/mol. The zero-order valence-electron chi connectivity index (χ0n) is 27.7. The van der Waals surface area contributed by atoms with E-state index in [2.05, 4.69) is 138 Å². The van der Waals surface area contributed by atoms with E-state index in [1.807, 2.05) is 24.5 Å². The first kappa shape index (κ1) is 38.6. The summed E-state index contributed by atoms with van der Waals surface area (Å²) in [4.78, 5) is 9.11. The molecule has 0 atom stereocenters. The van der Waals surface area contributed by atoms with Gasteiger partial charge in [0.2, 0.25) is 0 Å². The van der Waals surface area contributed by atoms with Gasteiger partial charge in [-0.3, -0.25) is 9.97 Å². The Kier molecular flexibility index (Phi) is 14.4. The summed E-state index contributed by atoms with van der Waals surface area (Å²) >= 11 is 0. The van der Waals surface area contributed by atoms with E-state index < -0.39 is 0 Å². The molecule has 2 nitrogen and oxygen atoms in total. The Morgan fingerprint density at radius 2 is 0.867 bits per heavy atom. The average Bonchev–Trinajstić information content (AvgIpc) is 3.62. The molecule has 0 unspecified atom stereocenters. The zero-order chi connectivity index (χ0) is 30.0. The van der Waals surface area contributed by atoms with E-state index in [0.29, 0.717) is 23.7 Å². The van der Waals surface area contributed by atoms with Crippen molar-refractivity contribution < 1.29 is 50.7 Å². The molecule has 0 saturated heterocycles. The second-order valence-corrected chi connectivity index (χ2v) is 12.8. The summed E-state index contributed by atoms with van der Waals surface area (Å²) in [6, 6.07) is 30.8. The van der Waals surface area contributed by atoms with Crippen LogP contribution in [-0.4, -0.2) is 9.97 Å². The number of pyridine rings is 2. The van der Waals surface area contributed by atoms with Crippen molar-refractivity contribution in [3.63, 3.8) is 0 Å². The van der Waals surface area contributed by atoms with Crippen LogP contribution in [0.2, 0.25) is 0 Å². The summed E-state index contributed by atoms with van der Waals surface area (Å²) < 4.78 is 0. The minimum absolute atomic E-state index is 0. The third-order valence-corrected chi connectivity index (χ3v) is 8.28. The number of benzene rings is 2. The van der Waals surface area contributed by atoms with Crippen LogP contribution in [0.1, 0.15) is 101 Å². The van der Waals surface area contributed by atoms with Crippen LogP contribution in [0.4, 0.5) is 0 Å². The van der Waals surface area contributed by atoms with Crippen molar-refractivity contribution in [1.29, 1.82) is 0 Å². The minimum atomic E-state index is 0. The van der Waals surface area contributed by atoms with Gasteiger partial charge in [-0.1, -0.05) is 90.8 Å². The van der Waals surface area contributed by atoms with Gasteiger partial charge in [0.15, 0.2) is 0 Å². The summed E-state index contributed by atoms with van der Waals surface area (Å²) in [6.45, 7) is 18.0. The van der Waals surface area contributed by atoms with E-state index in [4.69, 9.17) is 0 Å². The van der Waals surface area contributed by atoms with Gasteiger partial charge in [-0.05, 0) is 59.1 Å². The van der Waals surface area contributed by atoms with Gasteiger partial charge < -0.3 is 24.8 Å². The molecule has 0 N–H and O–H groups in total. The Morgan fingerprint density at radius 1 is 0.489 bits per heavy atom. The topological polar surface area (TPSA) is 25.8 Å². The third kappa shape index (κ3) is 8.82. The Morgan fingerprint density at radius 3 is 1.16 bits per heavy atom. The molecule has 0 aliphatic heterocycles. The van der Waals surface area contributed by atoms with Crippen LogP contribution in [0, 0.1) is 0 Å². The molecular weight excluding hydrogens is 758 g/mol. The molecule has 2 heterocycles. The summed E-state index contributed by atoms with van der Waals surface area (Å²) in [6.07, 6.45) is 3.74. The molecule has 45 heavy (non-hydrogen) atoms. The Labute approximate surface area is 301 Å². The van der Waals surface area contributed by atoms with Crippen LogP contribution in [-0.2, 0) is 25.8 Å². The largest absolute Gasteiger partial charge is 4.00 e. The SMILES string of the molecule is CC(C)c1cc(-c2ccccn2)c2cc(C(C)C)[cH-]c2c1.CC(C)c1cc(-c2ccccn2)c2cc(C(C)C)[cH-]c2c1.[Cl-].[Cl-].[Hf+4]. The fourth-order valence-corrected chi connectivity index (χ4v) is 5.54. The van der Waals surface area contributed by atoms with Gasteiger partial charge in [0, 0.05) is 12.4 Å². The van der Waals surface area contributed by atoms with Crippen LogP contribution in [0.5, 0.6) is 0 Å². The van der Waals surface area contributed by atoms with E-state index in [1.165, 1.54) is 54.9 Å². The molecule has 0 aliphatic rings. The van der Waals surface area contributed by atoms with Crippen molar-refractivity contribution in [1.82, 2.24) is 9.97 Å². The Bertz CT molecular complexity index is 1650. The first-order chi connectivity index (χ1) is 20.1. The predicted molar refractivity (Wildman–Crippen MR) is 182 cm³/mol. The molecule has 5 heteroatoms. The molecule has 0 bridgehead atoms. The number of hydrogen-bond donors (Lipinski definition) is 0. The van der Waals surface area contributed by atoms with Crippen LogP contribution in [0.25, 0.3) is 44.1 Å². The summed E-state index contributed by atoms with van der Waals surface area (Å²) in [5.74, 6) is 2.15. The second-order valence-electron chi connectivity index (χ2n) is 12.8. The molecule has 0 saturated carbocycles. The molecule has 0 aliphatic carbocycles. The van der Waals surface area contributed by atoms with Gasteiger partial charge in [-0.25, -0.2) is 0 Å². The molecule has 0 radical (unpaired) electrons. The normalized spacial score (nSPS) is 10.9. The van der Waals surface area contributed by atoms with E-state index in [-0.39, 0.29) is 50.7 Å². The van der Waals surface area contributed by atoms with E-state index in [9.17, 15) is 0 Å². The van der Waals surface area contributed by atoms with Crippen LogP contribution in [0.3, 0.4) is 0 Å². The smallest absolute Gasteiger partial charge is 1.00 e. The fraction of sp³-hybridized carbons (Fsp3) is 0.300. The van der Waals surface area contributed by atoms with Crippen molar-refractivity contribution in [2.45, 2.75) is 79.1 Å². The fourth-order valence-electron chi connectivity index (χ4n) is 5.54. The maximum Gasteiger partial charge on any atom is 4.00 e. The Balaban J connectivity index is 0.000000294. The standard InChI is InChI=1S/2C20H22N.2ClH.Hf/c2*1-13(2)15-9-17-10-16(14(3)4)12-19(18(17)11-15)20-7-5-6-8-21-20;;;/h2*5-14H,1-4H3;2*1H;/q2*-1;;;+4/p-2. The third-order valence-electron chi connectivity index (χ3n) is 8.28. The van der Waals surface area contributed by atoms with Crippen molar-refractivity contribution >= 4 is 21.5 Å². The van der Waals surface area contributed by atoms with Gasteiger partial charge >= 0.3 is 25.8 Å². The monoisotopic (exact) mass is 802 g/mol. The number of nitrogens with zero attached hydrogens (tertiary/aromatic N) is 2.